The SMILES string of the molecule is CC1CC=c2c(ccc3c2=CCc2cc(F)ccc2-3)C1. The maximum Gasteiger partial charge on any atom is 0.123 e. The van der Waals surface area contributed by atoms with Gasteiger partial charge < -0.3 is 0 Å². The second-order valence-electron chi connectivity index (χ2n) is 6.06. The molecule has 0 amide bonds. The van der Waals surface area contributed by atoms with Gasteiger partial charge in [0.15, 0.2) is 0 Å². The summed E-state index contributed by atoms with van der Waals surface area (Å²) in [6, 6.07) is 9.63. The third-order valence-corrected chi connectivity index (χ3v) is 4.55. The third kappa shape index (κ3) is 1.73. The van der Waals surface area contributed by atoms with Gasteiger partial charge in [-0.1, -0.05) is 37.3 Å². The van der Waals surface area contributed by atoms with Gasteiger partial charge in [-0.3, -0.25) is 0 Å². The Labute approximate surface area is 118 Å². The summed E-state index contributed by atoms with van der Waals surface area (Å²) in [5.74, 6) is 0.601. The lowest BCUT2D eigenvalue weighted by Crippen LogP contribution is -2.35. The van der Waals surface area contributed by atoms with E-state index in [4.69, 9.17) is 0 Å². The fourth-order valence-electron chi connectivity index (χ4n) is 3.54. The Morgan fingerprint density at radius 1 is 0.950 bits per heavy atom. The number of hydrogen-bond donors (Lipinski definition) is 0. The highest BCUT2D eigenvalue weighted by Crippen LogP contribution is 2.26. The molecule has 0 fully saturated rings. The molecule has 2 aliphatic rings. The molecule has 100 valence electrons. The van der Waals surface area contributed by atoms with Crippen LogP contribution in [0.2, 0.25) is 0 Å². The molecule has 0 saturated heterocycles. The van der Waals surface area contributed by atoms with Crippen molar-refractivity contribution < 1.29 is 4.39 Å². The van der Waals surface area contributed by atoms with Crippen LogP contribution in [-0.4, -0.2) is 0 Å². The Balaban J connectivity index is 2.00. The van der Waals surface area contributed by atoms with E-state index in [1.165, 1.54) is 33.5 Å². The molecule has 0 bridgehead atoms. The number of halogens is 1. The van der Waals surface area contributed by atoms with Crippen LogP contribution in [0, 0.1) is 11.7 Å². The van der Waals surface area contributed by atoms with Gasteiger partial charge in [0.1, 0.15) is 5.82 Å². The third-order valence-electron chi connectivity index (χ3n) is 4.55. The van der Waals surface area contributed by atoms with Crippen LogP contribution in [0.15, 0.2) is 30.3 Å². The molecule has 0 aromatic heterocycles. The van der Waals surface area contributed by atoms with Crippen LogP contribution in [-0.2, 0) is 12.8 Å². The Hall–Kier alpha value is -1.89. The lowest BCUT2D eigenvalue weighted by Gasteiger charge is -2.20. The molecule has 1 heteroatoms. The van der Waals surface area contributed by atoms with Gasteiger partial charge in [0.25, 0.3) is 0 Å². The first kappa shape index (κ1) is 11.9. The van der Waals surface area contributed by atoms with Gasteiger partial charge in [-0.25, -0.2) is 4.39 Å². The van der Waals surface area contributed by atoms with Crippen molar-refractivity contribution in [2.75, 3.05) is 0 Å². The summed E-state index contributed by atoms with van der Waals surface area (Å²) in [6.07, 6.45) is 7.81. The smallest absolute Gasteiger partial charge is 0.123 e. The summed E-state index contributed by atoms with van der Waals surface area (Å²) in [5, 5.41) is 2.77. The molecule has 20 heavy (non-hydrogen) atoms. The molecule has 4 rings (SSSR count). The molecule has 0 heterocycles. The van der Waals surface area contributed by atoms with E-state index in [0.717, 1.165) is 24.3 Å². The average molecular weight is 264 g/mol. The Morgan fingerprint density at radius 2 is 1.80 bits per heavy atom. The highest BCUT2D eigenvalue weighted by atomic mass is 19.1. The summed E-state index contributed by atoms with van der Waals surface area (Å²) in [6.45, 7) is 2.31. The van der Waals surface area contributed by atoms with Gasteiger partial charge in [0, 0.05) is 0 Å². The maximum absolute atomic E-state index is 13.4. The molecule has 0 nitrogen and oxygen atoms in total. The van der Waals surface area contributed by atoms with Crippen molar-refractivity contribution in [3.8, 4) is 11.1 Å². The van der Waals surface area contributed by atoms with Crippen LogP contribution in [0.5, 0.6) is 0 Å². The van der Waals surface area contributed by atoms with Crippen molar-refractivity contribution in [2.24, 2.45) is 5.92 Å². The van der Waals surface area contributed by atoms with Gasteiger partial charge in [0.2, 0.25) is 0 Å². The van der Waals surface area contributed by atoms with Crippen LogP contribution < -0.4 is 10.4 Å². The van der Waals surface area contributed by atoms with E-state index in [0.29, 0.717) is 0 Å². The van der Waals surface area contributed by atoms with Crippen molar-refractivity contribution in [2.45, 2.75) is 26.2 Å². The first-order valence-corrected chi connectivity index (χ1v) is 7.33. The number of fused-ring (bicyclic) bond motifs is 5. The van der Waals surface area contributed by atoms with Gasteiger partial charge in [-0.15, -0.1) is 0 Å². The second-order valence-corrected chi connectivity index (χ2v) is 6.06. The molecule has 1 unspecified atom stereocenters. The predicted molar refractivity (Wildman–Crippen MR) is 81.2 cm³/mol. The molecular formula is C19H17F. The van der Waals surface area contributed by atoms with Gasteiger partial charge in [0.05, 0.1) is 0 Å². The summed E-state index contributed by atoms with van der Waals surface area (Å²) in [4.78, 5) is 0. The van der Waals surface area contributed by atoms with Crippen molar-refractivity contribution in [1.29, 1.82) is 0 Å². The number of hydrogen-bond acceptors (Lipinski definition) is 0. The number of rotatable bonds is 0. The van der Waals surface area contributed by atoms with Gasteiger partial charge in [-0.05, 0) is 70.0 Å². The summed E-state index contributed by atoms with van der Waals surface area (Å²) >= 11 is 0. The van der Waals surface area contributed by atoms with Crippen molar-refractivity contribution in [3.63, 3.8) is 0 Å². The van der Waals surface area contributed by atoms with Crippen LogP contribution in [0.1, 0.15) is 24.5 Å². The highest BCUT2D eigenvalue weighted by molar-refractivity contribution is 5.74. The van der Waals surface area contributed by atoms with E-state index < -0.39 is 0 Å². The number of benzene rings is 2. The molecule has 0 saturated carbocycles. The minimum Gasteiger partial charge on any atom is -0.207 e. The van der Waals surface area contributed by atoms with Crippen LogP contribution in [0.3, 0.4) is 0 Å². The lowest BCUT2D eigenvalue weighted by atomic mass is 9.84. The Morgan fingerprint density at radius 3 is 2.70 bits per heavy atom. The zero-order chi connectivity index (χ0) is 13.7. The topological polar surface area (TPSA) is 0 Å². The van der Waals surface area contributed by atoms with Crippen molar-refractivity contribution in [1.82, 2.24) is 0 Å². The van der Waals surface area contributed by atoms with Crippen LogP contribution >= 0.6 is 0 Å². The quantitative estimate of drug-likeness (QED) is 0.685. The fourth-order valence-corrected chi connectivity index (χ4v) is 3.54. The standard InChI is InChI=1S/C19H17F/c1-12-2-6-16-13(10-12)3-7-19-17-9-5-15(20)11-14(17)4-8-18(16)19/h3,5-9,11-12H,2,4,10H2,1H3. The van der Waals surface area contributed by atoms with E-state index in [9.17, 15) is 4.39 Å². The minimum absolute atomic E-state index is 0.140. The zero-order valence-corrected chi connectivity index (χ0v) is 11.6. The molecule has 2 aromatic carbocycles. The monoisotopic (exact) mass is 264 g/mol. The molecule has 2 aliphatic carbocycles. The van der Waals surface area contributed by atoms with Crippen molar-refractivity contribution >= 4 is 12.2 Å². The molecule has 0 radical (unpaired) electrons. The van der Waals surface area contributed by atoms with Gasteiger partial charge in [-0.2, -0.15) is 0 Å². The Kier molecular flexibility index (Phi) is 2.56. The molecule has 1 atom stereocenters. The summed E-state index contributed by atoms with van der Waals surface area (Å²) in [5.41, 5.74) is 5.01. The molecule has 0 spiro atoms. The maximum atomic E-state index is 13.4. The zero-order valence-electron chi connectivity index (χ0n) is 11.6. The van der Waals surface area contributed by atoms with E-state index >= 15 is 0 Å². The van der Waals surface area contributed by atoms with Crippen LogP contribution in [0.25, 0.3) is 23.3 Å². The van der Waals surface area contributed by atoms with Crippen LogP contribution in [0.4, 0.5) is 4.39 Å². The lowest BCUT2D eigenvalue weighted by molar-refractivity contribution is 0.589. The summed E-state index contributed by atoms with van der Waals surface area (Å²) in [7, 11) is 0. The molecule has 0 N–H and O–H groups in total. The van der Waals surface area contributed by atoms with E-state index in [1.54, 1.807) is 12.1 Å². The average Bonchev–Trinajstić information content (AvgIpc) is 2.45. The highest BCUT2D eigenvalue weighted by Gasteiger charge is 2.16. The van der Waals surface area contributed by atoms with E-state index in [-0.39, 0.29) is 5.82 Å². The Bertz CT molecular complexity index is 814. The molecule has 0 aliphatic heterocycles. The summed E-state index contributed by atoms with van der Waals surface area (Å²) < 4.78 is 13.4. The van der Waals surface area contributed by atoms with E-state index in [2.05, 4.69) is 31.2 Å². The van der Waals surface area contributed by atoms with E-state index in [1.807, 2.05) is 6.07 Å². The normalized spacial score (nSPS) is 19.2. The largest absolute Gasteiger partial charge is 0.207 e. The van der Waals surface area contributed by atoms with Crippen molar-refractivity contribution in [3.05, 3.63) is 57.7 Å². The predicted octanol–water partition coefficient (Wildman–Crippen LogP) is 3.19. The molecule has 2 aromatic rings. The first-order valence-electron chi connectivity index (χ1n) is 7.33. The fraction of sp³-hybridized carbons (Fsp3) is 0.263. The minimum atomic E-state index is -0.140. The van der Waals surface area contributed by atoms with Gasteiger partial charge >= 0.3 is 0 Å². The second kappa shape index (κ2) is 4.31. The first-order chi connectivity index (χ1) is 9.72. The molecular weight excluding hydrogens is 247 g/mol.